The fourth-order valence-electron chi connectivity index (χ4n) is 4.36. The number of amides is 1. The minimum Gasteiger partial charge on any atom is -0.355 e. The molecular formula is C25H24N10O2. The number of carbonyl (C=O) groups is 1. The van der Waals surface area contributed by atoms with Gasteiger partial charge in [-0.05, 0) is 6.07 Å². The second kappa shape index (κ2) is 10.0. The van der Waals surface area contributed by atoms with Gasteiger partial charge in [-0.2, -0.15) is 5.10 Å². The van der Waals surface area contributed by atoms with E-state index in [0.717, 1.165) is 54.5 Å². The van der Waals surface area contributed by atoms with Gasteiger partial charge in [-0.15, -0.1) is 0 Å². The molecule has 6 rings (SSSR count). The van der Waals surface area contributed by atoms with Crippen molar-refractivity contribution in [2.45, 2.75) is 6.54 Å². The molecule has 186 valence electrons. The molecule has 1 aliphatic heterocycles. The van der Waals surface area contributed by atoms with E-state index >= 15 is 0 Å². The van der Waals surface area contributed by atoms with Gasteiger partial charge in [0.2, 0.25) is 5.95 Å². The molecule has 1 aliphatic rings. The Labute approximate surface area is 212 Å². The Morgan fingerprint density at radius 1 is 0.946 bits per heavy atom. The Hall–Kier alpha value is -4.87. The third-order valence-corrected chi connectivity index (χ3v) is 6.24. The third kappa shape index (κ3) is 4.68. The number of nitrogens with one attached hydrogen (secondary N) is 1. The van der Waals surface area contributed by atoms with Crippen molar-refractivity contribution in [2.75, 3.05) is 42.5 Å². The average Bonchev–Trinajstić information content (AvgIpc) is 3.62. The summed E-state index contributed by atoms with van der Waals surface area (Å²) >= 11 is 0. The molecule has 0 saturated carbocycles. The number of rotatable bonds is 7. The Bertz CT molecular complexity index is 1490. The van der Waals surface area contributed by atoms with Crippen molar-refractivity contribution < 1.29 is 9.32 Å². The molecule has 1 N–H and O–H groups in total. The summed E-state index contributed by atoms with van der Waals surface area (Å²) in [6.07, 6.45) is 6.85. The van der Waals surface area contributed by atoms with Crippen LogP contribution in [0.25, 0.3) is 22.4 Å². The highest BCUT2D eigenvalue weighted by atomic mass is 16.5. The predicted molar refractivity (Wildman–Crippen MR) is 136 cm³/mol. The maximum absolute atomic E-state index is 12.6. The first-order valence-corrected chi connectivity index (χ1v) is 12.0. The van der Waals surface area contributed by atoms with Gasteiger partial charge in [0.1, 0.15) is 12.1 Å². The molecule has 4 aromatic heterocycles. The summed E-state index contributed by atoms with van der Waals surface area (Å²) in [5, 5.41) is 12.1. The Kier molecular flexibility index (Phi) is 6.11. The van der Waals surface area contributed by atoms with Crippen molar-refractivity contribution in [3.8, 4) is 11.3 Å². The lowest BCUT2D eigenvalue weighted by molar-refractivity contribution is 0.0943. The summed E-state index contributed by atoms with van der Waals surface area (Å²) in [5.74, 6) is 1.83. The third-order valence-electron chi connectivity index (χ3n) is 6.24. The van der Waals surface area contributed by atoms with Gasteiger partial charge < -0.3 is 19.6 Å². The van der Waals surface area contributed by atoms with Crippen LogP contribution in [-0.4, -0.2) is 73.5 Å². The minimum atomic E-state index is -0.307. The molecule has 1 aromatic carbocycles. The van der Waals surface area contributed by atoms with Gasteiger partial charge in [0.15, 0.2) is 17.1 Å². The SMILES string of the molecule is O=C(NCCn1ncc2c(N3CCN(c4ncccn4)CC3)ncnc21)c1cc(-c2ccccc2)on1. The first-order valence-electron chi connectivity index (χ1n) is 12.0. The summed E-state index contributed by atoms with van der Waals surface area (Å²) in [6.45, 7) is 3.97. The molecule has 12 heteroatoms. The van der Waals surface area contributed by atoms with Gasteiger partial charge in [-0.25, -0.2) is 24.6 Å². The molecule has 1 fully saturated rings. The zero-order valence-electron chi connectivity index (χ0n) is 19.9. The second-order valence-electron chi connectivity index (χ2n) is 8.52. The monoisotopic (exact) mass is 496 g/mol. The molecule has 0 bridgehead atoms. The van der Waals surface area contributed by atoms with E-state index in [4.69, 9.17) is 4.52 Å². The van der Waals surface area contributed by atoms with Gasteiger partial charge in [0, 0.05) is 56.7 Å². The van der Waals surface area contributed by atoms with E-state index in [1.807, 2.05) is 36.4 Å². The van der Waals surface area contributed by atoms with Crippen LogP contribution in [0, 0.1) is 0 Å². The number of carbonyl (C=O) groups excluding carboxylic acids is 1. The van der Waals surface area contributed by atoms with Crippen LogP contribution in [0.5, 0.6) is 0 Å². The van der Waals surface area contributed by atoms with Crippen molar-refractivity contribution in [3.05, 3.63) is 73.1 Å². The number of hydrogen-bond donors (Lipinski definition) is 1. The van der Waals surface area contributed by atoms with Crippen molar-refractivity contribution in [1.82, 2.24) is 40.2 Å². The Morgan fingerprint density at radius 3 is 2.54 bits per heavy atom. The van der Waals surface area contributed by atoms with Crippen LogP contribution >= 0.6 is 0 Å². The van der Waals surface area contributed by atoms with Crippen LogP contribution in [0.15, 0.2) is 71.9 Å². The molecule has 37 heavy (non-hydrogen) atoms. The fourth-order valence-corrected chi connectivity index (χ4v) is 4.36. The van der Waals surface area contributed by atoms with Gasteiger partial charge in [-0.3, -0.25) is 4.79 Å². The van der Waals surface area contributed by atoms with E-state index in [2.05, 4.69) is 45.3 Å². The van der Waals surface area contributed by atoms with E-state index in [9.17, 15) is 4.79 Å². The lowest BCUT2D eigenvalue weighted by atomic mass is 10.1. The van der Waals surface area contributed by atoms with Crippen LogP contribution in [-0.2, 0) is 6.54 Å². The molecule has 0 spiro atoms. The first-order chi connectivity index (χ1) is 18.3. The zero-order valence-corrected chi connectivity index (χ0v) is 19.9. The molecule has 0 unspecified atom stereocenters. The summed E-state index contributed by atoms with van der Waals surface area (Å²) in [4.78, 5) is 34.6. The van der Waals surface area contributed by atoms with Crippen molar-refractivity contribution in [3.63, 3.8) is 0 Å². The quantitative estimate of drug-likeness (QED) is 0.357. The smallest absolute Gasteiger partial charge is 0.273 e. The van der Waals surface area contributed by atoms with Gasteiger partial charge in [-0.1, -0.05) is 35.5 Å². The summed E-state index contributed by atoms with van der Waals surface area (Å²) < 4.78 is 7.10. The largest absolute Gasteiger partial charge is 0.355 e. The van der Waals surface area contributed by atoms with E-state index in [1.165, 1.54) is 0 Å². The lowest BCUT2D eigenvalue weighted by Gasteiger charge is -2.35. The van der Waals surface area contributed by atoms with E-state index in [-0.39, 0.29) is 11.6 Å². The van der Waals surface area contributed by atoms with Crippen LogP contribution in [0.4, 0.5) is 11.8 Å². The van der Waals surface area contributed by atoms with Crippen LogP contribution in [0.3, 0.4) is 0 Å². The summed E-state index contributed by atoms with van der Waals surface area (Å²) in [6, 6.07) is 13.0. The number of piperazine rings is 1. The molecule has 12 nitrogen and oxygen atoms in total. The molecule has 0 atom stereocenters. The number of fused-ring (bicyclic) bond motifs is 1. The highest BCUT2D eigenvalue weighted by Gasteiger charge is 2.22. The Balaban J connectivity index is 1.08. The molecule has 0 radical (unpaired) electrons. The summed E-state index contributed by atoms with van der Waals surface area (Å²) in [5.41, 5.74) is 1.82. The topological polar surface area (TPSA) is 131 Å². The minimum absolute atomic E-state index is 0.230. The van der Waals surface area contributed by atoms with Crippen LogP contribution in [0.2, 0.25) is 0 Å². The molecular weight excluding hydrogens is 472 g/mol. The lowest BCUT2D eigenvalue weighted by Crippen LogP contribution is -2.47. The second-order valence-corrected chi connectivity index (χ2v) is 8.52. The Morgan fingerprint density at radius 2 is 1.73 bits per heavy atom. The first kappa shape index (κ1) is 22.6. The molecule has 5 aromatic rings. The van der Waals surface area contributed by atoms with Crippen LogP contribution < -0.4 is 15.1 Å². The highest BCUT2D eigenvalue weighted by Crippen LogP contribution is 2.24. The number of aromatic nitrogens is 7. The normalized spacial score (nSPS) is 13.7. The maximum atomic E-state index is 12.6. The van der Waals surface area contributed by atoms with E-state index in [0.29, 0.717) is 18.8 Å². The number of benzene rings is 1. The maximum Gasteiger partial charge on any atom is 0.273 e. The number of anilines is 2. The number of nitrogens with zero attached hydrogens (tertiary/aromatic N) is 9. The van der Waals surface area contributed by atoms with Crippen LogP contribution in [0.1, 0.15) is 10.5 Å². The highest BCUT2D eigenvalue weighted by molar-refractivity contribution is 5.93. The zero-order chi connectivity index (χ0) is 25.0. The van der Waals surface area contributed by atoms with E-state index < -0.39 is 0 Å². The van der Waals surface area contributed by atoms with Gasteiger partial charge in [0.05, 0.1) is 18.1 Å². The van der Waals surface area contributed by atoms with Gasteiger partial charge in [0.25, 0.3) is 5.91 Å². The van der Waals surface area contributed by atoms with Crippen molar-refractivity contribution >= 4 is 28.7 Å². The van der Waals surface area contributed by atoms with Crippen molar-refractivity contribution in [1.29, 1.82) is 0 Å². The summed E-state index contributed by atoms with van der Waals surface area (Å²) in [7, 11) is 0. The molecule has 1 amide bonds. The van der Waals surface area contributed by atoms with E-state index in [1.54, 1.807) is 35.7 Å². The molecule has 5 heterocycles. The standard InChI is InChI=1S/C25H24N10O2/c36-24(20-15-21(37-32-20)18-5-2-1-3-6-18)26-9-10-35-23-19(16-31-35)22(29-17-30-23)33-11-13-34(14-12-33)25-27-7-4-8-28-25/h1-8,15-17H,9-14H2,(H,26,36). The van der Waals surface area contributed by atoms with Gasteiger partial charge >= 0.3 is 0 Å². The molecule has 0 aliphatic carbocycles. The predicted octanol–water partition coefficient (Wildman–Crippen LogP) is 2.03. The number of hydrogen-bond acceptors (Lipinski definition) is 10. The average molecular weight is 497 g/mol. The molecule has 1 saturated heterocycles. The van der Waals surface area contributed by atoms with Crippen molar-refractivity contribution in [2.24, 2.45) is 0 Å². The fraction of sp³-hybridized carbons (Fsp3) is 0.240.